The number of allylic oxidation sites excluding steroid dienone is 6. The number of ether oxygens (including phenoxy) is 7. The number of hydrogen-bond acceptors (Lipinski definition) is 26. The van der Waals surface area contributed by atoms with Crippen molar-refractivity contribution in [1.29, 1.82) is 5.26 Å². The van der Waals surface area contributed by atoms with Gasteiger partial charge in [-0.05, 0) is 125 Å². The number of nitrogens with one attached hydrogen (secondary N) is 2. The molecule has 0 saturated carbocycles. The minimum Gasteiger partial charge on any atom is -0.756 e. The van der Waals surface area contributed by atoms with Crippen molar-refractivity contribution in [3.05, 3.63) is 86.2 Å². The number of azide groups is 1. The van der Waals surface area contributed by atoms with Gasteiger partial charge in [-0.25, -0.2) is 9.78 Å². The second-order valence-corrected chi connectivity index (χ2v) is 32.7. The Morgan fingerprint density at radius 2 is 1.30 bits per heavy atom. The number of aliphatic imine (C=N–C) groups is 3. The fraction of sp³-hybridized carbons (Fsp3) is 0.671. The van der Waals surface area contributed by atoms with Crippen LogP contribution in [-0.4, -0.2) is 208 Å². The van der Waals surface area contributed by atoms with E-state index in [1.165, 1.54) is 17.8 Å². The summed E-state index contributed by atoms with van der Waals surface area (Å²) in [5.41, 5.74) is 44.6. The number of fused-ring (bicyclic) bond motifs is 7. The summed E-state index contributed by atoms with van der Waals surface area (Å²) in [5, 5.41) is 32.6. The average molecular weight is 1690 g/mol. The van der Waals surface area contributed by atoms with Gasteiger partial charge in [-0.15, -0.1) is 0 Å². The van der Waals surface area contributed by atoms with Crippen molar-refractivity contribution in [2.75, 3.05) is 92.3 Å². The molecule has 1 aromatic heterocycles. The van der Waals surface area contributed by atoms with Crippen LogP contribution >= 0.6 is 7.82 Å². The monoisotopic (exact) mass is 1690 g/mol. The molecule has 1 unspecified atom stereocenters. The van der Waals surface area contributed by atoms with Gasteiger partial charge < -0.3 is 119 Å². The Hall–Kier alpha value is -8.58. The van der Waals surface area contributed by atoms with E-state index >= 15 is 0 Å². The van der Waals surface area contributed by atoms with E-state index in [0.717, 1.165) is 11.1 Å². The summed E-state index contributed by atoms with van der Waals surface area (Å²) in [6, 6.07) is 2.58. The SMILES string of the molecule is C/C1=C2/[N-][C@H]([C@H](CC(N)=O)[C@@]2(C)CCC(=O)NC[C@@H](C)OP(=O)([O-])O[C@H]2[C@@H](O)[C@@H](n3cnc4cc(C)c(C)cc43)O[C@@H]2COC(=O)NCCOCCOCCOCCOCCOCCN=[N+]=[N-])[C@]2(C)N=C(/C(C)=C3N=C(/C=C4N=C1[C@@H](CCC(N)=O)C\4(C)C)[C@@H](CCC(N)=O)[C@]\3(C)CC(N)=O)[C@@H](CCC(N)=O)[C@]2(C)CC(N)=O.[C-]#N.[Co+3]. The number of phosphoric acid groups is 1. The van der Waals surface area contributed by atoms with Gasteiger partial charge in [0.1, 0.15) is 24.9 Å². The maximum absolute atomic E-state index is 14.6. The molecule has 40 heteroatoms. The number of nitrogens with zero attached hydrogens (tertiary/aromatic N) is 10. The standard InChI is InChI=1S/C75H114N17O20P.CN.Co/c1-41-32-51-52(33-42(41)2)92(40-85-51)69-64(100)65(53(110-69)39-109-70(101)83-20-22-104-24-26-106-28-30-108-31-29-107-27-25-105-23-21-86-91-82)112-113(102,103)111-43(3)38-84-61(99)18-19-72(8)49(34-58(79)96)68-75(11)74(10,37-60(81)98)48(14-17-57(78)95)63(90-75)45(5)67-73(9,36-59(80)97)46(12-15-55(76)93)50(87-67)35-54-71(6,7)47(13-16-56(77)94)62(88-54)44(4)66(72)89-68;1-2;/h32-33,35,40,43,46-49,53,64-65,68-69,100H,12-31,34,36-39H2,1-11H3,(H16,76,77,78,79,80,81,83,84,87,88,89,90,93,94,95,96,97,98,99,101,102,103);;/q;-1;+3/p-2/t43-,46-,47-,48-,49+,53-,64-,65-,68-,69+,72-,73+,74+,75+;;/m1../s1. The molecule has 8 amide bonds. The Morgan fingerprint density at radius 1 is 0.741 bits per heavy atom. The minimum absolute atomic E-state index is 0. The van der Waals surface area contributed by atoms with Gasteiger partial charge in [0.25, 0.3) is 7.82 Å². The fourth-order valence-corrected chi connectivity index (χ4v) is 18.0. The van der Waals surface area contributed by atoms with Gasteiger partial charge in [0.05, 0.1) is 101 Å². The van der Waals surface area contributed by atoms with Crippen LogP contribution in [0.25, 0.3) is 26.8 Å². The Bertz CT molecular complexity index is 4240. The first kappa shape index (κ1) is 96.3. The molecule has 7 heterocycles. The van der Waals surface area contributed by atoms with E-state index in [4.69, 9.17) is 114 Å². The summed E-state index contributed by atoms with van der Waals surface area (Å²) >= 11 is 0. The van der Waals surface area contributed by atoms with Crippen LogP contribution in [0.5, 0.6) is 0 Å². The second-order valence-electron chi connectivity index (χ2n) is 31.4. The molecule has 6 aliphatic heterocycles. The number of carbonyl (C=O) groups excluding carboxylic acids is 8. The van der Waals surface area contributed by atoms with Crippen molar-refractivity contribution in [3.8, 4) is 0 Å². The third-order valence-electron chi connectivity index (χ3n) is 23.1. The molecule has 640 valence electrons. The Morgan fingerprint density at radius 3 is 1.87 bits per heavy atom. The number of phosphoric ester groups is 1. The Balaban J connectivity index is 0.00000692. The third kappa shape index (κ3) is 23.2. The molecule has 2 aromatic rings. The molecule has 1 aromatic carbocycles. The van der Waals surface area contributed by atoms with Crippen LogP contribution in [-0.2, 0) is 97.1 Å². The molecular weight excluding hydrogens is 1570 g/mol. The number of alkyl carbamates (subject to hydrolysis) is 1. The topological polar surface area (TPSA) is 602 Å². The zero-order chi connectivity index (χ0) is 85.1. The normalized spacial score (nSPS) is 28.7. The van der Waals surface area contributed by atoms with E-state index in [2.05, 4.69) is 25.6 Å². The van der Waals surface area contributed by atoms with E-state index in [9.17, 15) is 52.9 Å². The number of aliphatic hydroxyl groups excluding tert-OH is 1. The summed E-state index contributed by atoms with van der Waals surface area (Å²) in [6.45, 7) is 26.7. The zero-order valence-electron chi connectivity index (χ0n) is 67.7. The predicted octanol–water partition coefficient (Wildman–Crippen LogP) is 4.54. The first-order valence-corrected chi connectivity index (χ1v) is 39.8. The van der Waals surface area contributed by atoms with Crippen molar-refractivity contribution < 1.29 is 112 Å². The average Bonchev–Trinajstić information content (AvgIpc) is 1.53. The van der Waals surface area contributed by atoms with Crippen LogP contribution in [0.15, 0.2) is 72.9 Å². The molecule has 15 N–H and O–H groups in total. The smallest absolute Gasteiger partial charge is 0.756 e. The molecule has 15 atom stereocenters. The number of rotatable bonds is 45. The number of amides is 8. The number of nitrogens with two attached hydrogens (primary N) is 6. The van der Waals surface area contributed by atoms with Gasteiger partial charge in [-0.1, -0.05) is 45.8 Å². The number of benzene rings is 1. The molecule has 116 heavy (non-hydrogen) atoms. The molecule has 0 spiro atoms. The van der Waals surface area contributed by atoms with Gasteiger partial charge in [0.2, 0.25) is 41.4 Å². The van der Waals surface area contributed by atoms with Crippen LogP contribution < -0.4 is 49.9 Å². The number of aliphatic hydroxyl groups is 1. The first-order valence-electron chi connectivity index (χ1n) is 38.3. The zero-order valence-corrected chi connectivity index (χ0v) is 69.6. The second kappa shape index (κ2) is 42.2. The van der Waals surface area contributed by atoms with E-state index < -0.39 is 156 Å². The van der Waals surface area contributed by atoms with E-state index in [1.54, 1.807) is 20.8 Å². The number of aryl methyl sites for hydroxylation is 2. The van der Waals surface area contributed by atoms with Crippen LogP contribution in [0.1, 0.15) is 150 Å². The van der Waals surface area contributed by atoms with E-state index in [1.807, 2.05) is 66.7 Å². The molecule has 6 aliphatic rings. The molecule has 38 nitrogen and oxygen atoms in total. The number of imidazole rings is 1. The summed E-state index contributed by atoms with van der Waals surface area (Å²) < 4.78 is 65.8. The fourth-order valence-electron chi connectivity index (χ4n) is 16.9. The van der Waals surface area contributed by atoms with Gasteiger partial charge >= 0.3 is 22.9 Å². The first-order chi connectivity index (χ1) is 54.2. The van der Waals surface area contributed by atoms with E-state index in [0.29, 0.717) is 103 Å². The number of aromatic nitrogens is 2. The molecule has 0 aliphatic carbocycles. The number of hydrogen-bond donors (Lipinski definition) is 9. The maximum atomic E-state index is 14.6. The van der Waals surface area contributed by atoms with Crippen molar-refractivity contribution >= 4 is 83.4 Å². The van der Waals surface area contributed by atoms with Gasteiger partial charge in [-0.2, -0.15) is 5.70 Å². The number of carbonyl (C=O) groups is 8. The Kier molecular flexibility index (Phi) is 35.0. The van der Waals surface area contributed by atoms with Crippen LogP contribution in [0, 0.1) is 71.0 Å². The van der Waals surface area contributed by atoms with Crippen molar-refractivity contribution in [3.63, 3.8) is 0 Å². The third-order valence-corrected chi connectivity index (χ3v) is 24.2. The van der Waals surface area contributed by atoms with Crippen molar-refractivity contribution in [2.45, 2.75) is 189 Å². The van der Waals surface area contributed by atoms with E-state index in [-0.39, 0.29) is 120 Å². The molecule has 0 radical (unpaired) electrons. The van der Waals surface area contributed by atoms with Crippen molar-refractivity contribution in [1.82, 2.24) is 20.2 Å². The molecule has 2 saturated heterocycles. The summed E-state index contributed by atoms with van der Waals surface area (Å²) in [6.07, 6.45) is -6.63. The van der Waals surface area contributed by atoms with Crippen LogP contribution in [0.2, 0.25) is 0 Å². The number of primary amides is 6. The summed E-state index contributed by atoms with van der Waals surface area (Å²) in [4.78, 5) is 145. The summed E-state index contributed by atoms with van der Waals surface area (Å²) in [5.74, 6) is -7.67. The minimum atomic E-state index is -5.50. The molecule has 8 bridgehead atoms. The Labute approximate surface area is 685 Å². The van der Waals surface area contributed by atoms with Gasteiger partial charge in [0, 0.05) is 126 Å². The van der Waals surface area contributed by atoms with Gasteiger partial charge in [0.15, 0.2) is 6.23 Å². The predicted molar refractivity (Wildman–Crippen MR) is 417 cm³/mol. The summed E-state index contributed by atoms with van der Waals surface area (Å²) in [7, 11) is -5.50. The quantitative estimate of drug-likeness (QED) is 0.0110. The van der Waals surface area contributed by atoms with Crippen LogP contribution in [0.4, 0.5) is 4.79 Å². The molecular formula is C76H112CoN18O20P. The van der Waals surface area contributed by atoms with Crippen molar-refractivity contribution in [2.24, 2.45) is 99.8 Å². The molecule has 8 rings (SSSR count). The van der Waals surface area contributed by atoms with Gasteiger partial charge in [-0.3, -0.25) is 53.1 Å². The van der Waals surface area contributed by atoms with Crippen LogP contribution in [0.3, 0.4) is 0 Å². The molecule has 2 fully saturated rings. The maximum Gasteiger partial charge on any atom is 3.00 e. The largest absolute Gasteiger partial charge is 3.00 e.